The number of hydrogen-bond donors (Lipinski definition) is 1. The Bertz CT molecular complexity index is 890. The molecular formula is C15H14N2O5S. The molecule has 0 aliphatic carbocycles. The van der Waals surface area contributed by atoms with E-state index in [0.717, 1.165) is 11.6 Å². The van der Waals surface area contributed by atoms with Gasteiger partial charge in [-0.05, 0) is 31.5 Å². The third-order valence-corrected chi connectivity index (χ3v) is 4.66. The van der Waals surface area contributed by atoms with Crippen LogP contribution in [-0.4, -0.2) is 19.2 Å². The van der Waals surface area contributed by atoms with Gasteiger partial charge >= 0.3 is 0 Å². The van der Waals surface area contributed by atoms with Gasteiger partial charge in [-0.25, -0.2) is 13.1 Å². The van der Waals surface area contributed by atoms with Crippen molar-refractivity contribution >= 4 is 21.6 Å². The predicted molar refractivity (Wildman–Crippen MR) is 83.7 cm³/mol. The SMILES string of the molecule is Cc1ccc(S(=O)(=O)NC(=O)c2cccc([N+](=O)[O-])c2)c(C)c1. The lowest BCUT2D eigenvalue weighted by Crippen LogP contribution is -2.31. The summed E-state index contributed by atoms with van der Waals surface area (Å²) in [5.41, 5.74) is 1.00. The van der Waals surface area contributed by atoms with Crippen molar-refractivity contribution in [1.82, 2.24) is 4.72 Å². The van der Waals surface area contributed by atoms with Crippen molar-refractivity contribution in [3.8, 4) is 0 Å². The van der Waals surface area contributed by atoms with Crippen LogP contribution >= 0.6 is 0 Å². The maximum Gasteiger partial charge on any atom is 0.270 e. The average molecular weight is 334 g/mol. The van der Waals surface area contributed by atoms with Crippen molar-refractivity contribution in [2.75, 3.05) is 0 Å². The van der Waals surface area contributed by atoms with Gasteiger partial charge in [0.2, 0.25) is 0 Å². The molecule has 0 unspecified atom stereocenters. The minimum atomic E-state index is -4.06. The Balaban J connectivity index is 2.32. The zero-order chi connectivity index (χ0) is 17.2. The van der Waals surface area contributed by atoms with Crippen LogP contribution in [0, 0.1) is 24.0 Å². The molecule has 0 saturated heterocycles. The predicted octanol–water partition coefficient (Wildman–Crippen LogP) is 2.33. The van der Waals surface area contributed by atoms with Crippen molar-refractivity contribution in [2.24, 2.45) is 0 Å². The van der Waals surface area contributed by atoms with E-state index >= 15 is 0 Å². The van der Waals surface area contributed by atoms with Gasteiger partial charge in [-0.1, -0.05) is 23.8 Å². The van der Waals surface area contributed by atoms with Crippen LogP contribution in [0.15, 0.2) is 47.4 Å². The highest BCUT2D eigenvalue weighted by Crippen LogP contribution is 2.18. The molecule has 1 N–H and O–H groups in total. The molecular weight excluding hydrogens is 320 g/mol. The van der Waals surface area contributed by atoms with Gasteiger partial charge in [-0.2, -0.15) is 0 Å². The first-order chi connectivity index (χ1) is 10.7. The second-order valence-electron chi connectivity index (χ2n) is 5.01. The van der Waals surface area contributed by atoms with E-state index in [9.17, 15) is 23.3 Å². The van der Waals surface area contributed by atoms with E-state index in [4.69, 9.17) is 0 Å². The highest BCUT2D eigenvalue weighted by atomic mass is 32.2. The van der Waals surface area contributed by atoms with E-state index in [1.165, 1.54) is 24.3 Å². The van der Waals surface area contributed by atoms with Gasteiger partial charge in [-0.3, -0.25) is 14.9 Å². The summed E-state index contributed by atoms with van der Waals surface area (Å²) in [6.07, 6.45) is 0. The zero-order valence-electron chi connectivity index (χ0n) is 12.4. The summed E-state index contributed by atoms with van der Waals surface area (Å²) in [4.78, 5) is 22.1. The first-order valence-corrected chi connectivity index (χ1v) is 8.08. The van der Waals surface area contributed by atoms with Gasteiger partial charge in [0.05, 0.1) is 9.82 Å². The normalized spacial score (nSPS) is 11.0. The maximum atomic E-state index is 12.3. The highest BCUT2D eigenvalue weighted by molar-refractivity contribution is 7.90. The van der Waals surface area contributed by atoms with Gasteiger partial charge in [0.1, 0.15) is 0 Å². The zero-order valence-corrected chi connectivity index (χ0v) is 13.3. The Labute approximate surface area is 133 Å². The Morgan fingerprint density at radius 2 is 1.83 bits per heavy atom. The number of non-ortho nitro benzene ring substituents is 1. The maximum absolute atomic E-state index is 12.3. The van der Waals surface area contributed by atoms with E-state index in [2.05, 4.69) is 0 Å². The smallest absolute Gasteiger partial charge is 0.268 e. The summed E-state index contributed by atoms with van der Waals surface area (Å²) >= 11 is 0. The minimum absolute atomic E-state index is 0.0121. The van der Waals surface area contributed by atoms with Crippen molar-refractivity contribution in [2.45, 2.75) is 18.7 Å². The molecule has 0 atom stereocenters. The number of carbonyl (C=O) groups is 1. The van der Waals surface area contributed by atoms with Crippen LogP contribution in [0.1, 0.15) is 21.5 Å². The number of hydrogen-bond acceptors (Lipinski definition) is 5. The fourth-order valence-corrected chi connectivity index (χ4v) is 3.30. The Hall–Kier alpha value is -2.74. The summed E-state index contributed by atoms with van der Waals surface area (Å²) in [7, 11) is -4.06. The van der Waals surface area contributed by atoms with Crippen LogP contribution in [0.3, 0.4) is 0 Å². The number of rotatable bonds is 4. The molecule has 2 rings (SSSR count). The molecule has 8 heteroatoms. The second kappa shape index (κ2) is 6.17. The molecule has 0 aliphatic heterocycles. The molecule has 0 aromatic heterocycles. The number of aryl methyl sites for hydroxylation is 2. The van der Waals surface area contributed by atoms with Crippen LogP contribution in [0.4, 0.5) is 5.69 Å². The molecule has 0 fully saturated rings. The molecule has 0 radical (unpaired) electrons. The van der Waals surface area contributed by atoms with Crippen molar-refractivity contribution < 1.29 is 18.1 Å². The second-order valence-corrected chi connectivity index (χ2v) is 6.66. The van der Waals surface area contributed by atoms with E-state index in [0.29, 0.717) is 5.56 Å². The topological polar surface area (TPSA) is 106 Å². The standard InChI is InChI=1S/C15H14N2O5S/c1-10-6-7-14(11(2)8-10)23(21,22)16-15(18)12-4-3-5-13(9-12)17(19)20/h3-9H,1-2H3,(H,16,18). The van der Waals surface area contributed by atoms with E-state index in [-0.39, 0.29) is 16.1 Å². The van der Waals surface area contributed by atoms with Crippen LogP contribution in [0.25, 0.3) is 0 Å². The van der Waals surface area contributed by atoms with Crippen molar-refractivity contribution in [3.05, 3.63) is 69.3 Å². The van der Waals surface area contributed by atoms with Crippen LogP contribution in [-0.2, 0) is 10.0 Å². The molecule has 120 valence electrons. The monoisotopic (exact) mass is 334 g/mol. The molecule has 0 saturated carbocycles. The molecule has 2 aromatic rings. The number of carbonyl (C=O) groups excluding carboxylic acids is 1. The van der Waals surface area contributed by atoms with E-state index in [1.807, 2.05) is 11.6 Å². The first kappa shape index (κ1) is 16.6. The molecule has 7 nitrogen and oxygen atoms in total. The summed E-state index contributed by atoms with van der Waals surface area (Å²) in [6, 6.07) is 9.58. The molecule has 0 bridgehead atoms. The molecule has 0 aliphatic rings. The molecule has 2 aromatic carbocycles. The number of nitrogens with zero attached hydrogens (tertiary/aromatic N) is 1. The van der Waals surface area contributed by atoms with Crippen LogP contribution in [0.2, 0.25) is 0 Å². The summed E-state index contributed by atoms with van der Waals surface area (Å²) in [6.45, 7) is 3.45. The van der Waals surface area contributed by atoms with Gasteiger partial charge in [0, 0.05) is 17.7 Å². The van der Waals surface area contributed by atoms with Gasteiger partial charge in [-0.15, -0.1) is 0 Å². The number of sulfonamides is 1. The average Bonchev–Trinajstić information content (AvgIpc) is 2.46. The molecule has 23 heavy (non-hydrogen) atoms. The lowest BCUT2D eigenvalue weighted by atomic mass is 10.2. The quantitative estimate of drug-likeness (QED) is 0.682. The largest absolute Gasteiger partial charge is 0.270 e. The number of amides is 1. The minimum Gasteiger partial charge on any atom is -0.268 e. The van der Waals surface area contributed by atoms with E-state index < -0.39 is 20.9 Å². The van der Waals surface area contributed by atoms with Crippen molar-refractivity contribution in [3.63, 3.8) is 0 Å². The van der Waals surface area contributed by atoms with Gasteiger partial charge in [0.15, 0.2) is 0 Å². The lowest BCUT2D eigenvalue weighted by molar-refractivity contribution is -0.384. The Kier molecular flexibility index (Phi) is 4.46. The molecule has 1 amide bonds. The van der Waals surface area contributed by atoms with Crippen LogP contribution < -0.4 is 4.72 Å². The third-order valence-electron chi connectivity index (χ3n) is 3.17. The summed E-state index contributed by atoms with van der Waals surface area (Å²) < 4.78 is 26.5. The number of nitro groups is 1. The van der Waals surface area contributed by atoms with Gasteiger partial charge < -0.3 is 0 Å². The van der Waals surface area contributed by atoms with Gasteiger partial charge in [0.25, 0.3) is 21.6 Å². The fraction of sp³-hybridized carbons (Fsp3) is 0.133. The lowest BCUT2D eigenvalue weighted by Gasteiger charge is -2.10. The molecule has 0 heterocycles. The van der Waals surface area contributed by atoms with Crippen LogP contribution in [0.5, 0.6) is 0 Å². The summed E-state index contributed by atoms with van der Waals surface area (Å²) in [5.74, 6) is -0.923. The summed E-state index contributed by atoms with van der Waals surface area (Å²) in [5, 5.41) is 10.7. The number of benzene rings is 2. The Morgan fingerprint density at radius 3 is 2.43 bits per heavy atom. The highest BCUT2D eigenvalue weighted by Gasteiger charge is 2.21. The van der Waals surface area contributed by atoms with E-state index in [1.54, 1.807) is 19.1 Å². The third kappa shape index (κ3) is 3.72. The first-order valence-electron chi connectivity index (χ1n) is 6.59. The number of nitro benzene ring substituents is 1. The molecule has 0 spiro atoms. The fourth-order valence-electron chi connectivity index (χ4n) is 2.10. The number of nitrogens with one attached hydrogen (secondary N) is 1. The Morgan fingerprint density at radius 1 is 1.13 bits per heavy atom. The van der Waals surface area contributed by atoms with Crippen molar-refractivity contribution in [1.29, 1.82) is 0 Å².